The smallest absolute Gasteiger partial charge is 0.267 e. The Morgan fingerprint density at radius 2 is 1.74 bits per heavy atom. The van der Waals surface area contributed by atoms with Gasteiger partial charge in [-0.3, -0.25) is 14.5 Å². The summed E-state index contributed by atoms with van der Waals surface area (Å²) >= 11 is 6.13. The van der Waals surface area contributed by atoms with Gasteiger partial charge >= 0.3 is 0 Å². The minimum atomic E-state index is -1.42. The summed E-state index contributed by atoms with van der Waals surface area (Å²) in [6.45, 7) is -0.542. The first-order chi connectivity index (χ1) is 12.8. The van der Waals surface area contributed by atoms with E-state index in [1.54, 1.807) is 24.3 Å². The van der Waals surface area contributed by atoms with Crippen molar-refractivity contribution in [2.24, 2.45) is 0 Å². The van der Waals surface area contributed by atoms with Crippen LogP contribution in [0.15, 0.2) is 29.2 Å². The van der Waals surface area contributed by atoms with Gasteiger partial charge in [0.05, 0.1) is 28.7 Å². The summed E-state index contributed by atoms with van der Waals surface area (Å²) in [5, 5.41) is 21.6. The Kier molecular flexibility index (Phi) is 5.29. The fourth-order valence-electron chi connectivity index (χ4n) is 2.91. The van der Waals surface area contributed by atoms with E-state index in [4.69, 9.17) is 12.2 Å². The van der Waals surface area contributed by atoms with Crippen LogP contribution in [-0.4, -0.2) is 46.1 Å². The predicted molar refractivity (Wildman–Crippen MR) is 96.9 cm³/mol. The monoisotopic (exact) mass is 404 g/mol. The van der Waals surface area contributed by atoms with E-state index < -0.39 is 30.3 Å². The van der Waals surface area contributed by atoms with Gasteiger partial charge in [0.1, 0.15) is 4.32 Å². The van der Waals surface area contributed by atoms with E-state index in [1.165, 1.54) is 4.90 Å². The van der Waals surface area contributed by atoms with Gasteiger partial charge in [0, 0.05) is 18.1 Å². The number of thiocarbonyl (C=S) groups is 1. The Hall–Kier alpha value is -2.72. The summed E-state index contributed by atoms with van der Waals surface area (Å²) in [5.74, 6) is -3.77. The van der Waals surface area contributed by atoms with Gasteiger partial charge in [-0.2, -0.15) is 0 Å². The zero-order chi connectivity index (χ0) is 19.7. The molecule has 27 heavy (non-hydrogen) atoms. The van der Waals surface area contributed by atoms with Gasteiger partial charge in [-0.1, -0.05) is 42.2 Å². The molecule has 2 aliphatic heterocycles. The number of hydrogen-bond acceptors (Lipinski definition) is 8. The topological polar surface area (TPSA) is 121 Å². The van der Waals surface area contributed by atoms with E-state index in [0.29, 0.717) is 11.3 Å². The molecule has 0 aliphatic carbocycles. The summed E-state index contributed by atoms with van der Waals surface area (Å²) in [7, 11) is 0. The van der Waals surface area contributed by atoms with Crippen LogP contribution in [0.25, 0.3) is 5.57 Å². The number of carboxylic acid groups (broad SMARTS) is 2. The van der Waals surface area contributed by atoms with Crippen LogP contribution in [0, 0.1) is 0 Å². The molecule has 0 aromatic heterocycles. The molecule has 0 spiro atoms. The minimum Gasteiger partial charge on any atom is -0.550 e. The second-order valence-electron chi connectivity index (χ2n) is 5.78. The molecule has 3 rings (SSSR count). The van der Waals surface area contributed by atoms with Gasteiger partial charge in [0.25, 0.3) is 11.8 Å². The molecule has 1 saturated heterocycles. The highest BCUT2D eigenvalue weighted by Gasteiger charge is 2.41. The van der Waals surface area contributed by atoms with Crippen LogP contribution in [0.3, 0.4) is 0 Å². The molecule has 0 unspecified atom stereocenters. The molecule has 2 amide bonds. The van der Waals surface area contributed by atoms with E-state index in [0.717, 1.165) is 16.7 Å². The molecule has 0 N–H and O–H groups in total. The zero-order valence-corrected chi connectivity index (χ0v) is 15.4. The molecule has 1 aromatic rings. The number of amides is 2. The highest BCUT2D eigenvalue weighted by molar-refractivity contribution is 8.26. The molecule has 0 atom stereocenters. The zero-order valence-electron chi connectivity index (χ0n) is 13.8. The maximum absolute atomic E-state index is 12.8. The molecular formula is C17H12N2O6S2-2. The number of aliphatic carboxylic acids is 2. The van der Waals surface area contributed by atoms with Crippen LogP contribution in [0.4, 0.5) is 5.69 Å². The summed E-state index contributed by atoms with van der Waals surface area (Å²) in [5.41, 5.74) is 0.912. The highest BCUT2D eigenvalue weighted by atomic mass is 32.2. The average molecular weight is 404 g/mol. The van der Waals surface area contributed by atoms with E-state index in [-0.39, 0.29) is 34.2 Å². The van der Waals surface area contributed by atoms with Gasteiger partial charge in [-0.05, 0) is 18.9 Å². The number of carbonyl (C=O) groups is 4. The van der Waals surface area contributed by atoms with Crippen LogP contribution in [0.5, 0.6) is 0 Å². The van der Waals surface area contributed by atoms with Crippen molar-refractivity contribution in [1.29, 1.82) is 0 Å². The van der Waals surface area contributed by atoms with Gasteiger partial charge in [0.15, 0.2) is 0 Å². The van der Waals surface area contributed by atoms with Crippen molar-refractivity contribution >= 4 is 63.3 Å². The average Bonchev–Trinajstić information content (AvgIpc) is 3.02. The molecule has 8 nitrogen and oxygen atoms in total. The van der Waals surface area contributed by atoms with Crippen molar-refractivity contribution in [2.75, 3.05) is 18.0 Å². The lowest BCUT2D eigenvalue weighted by Crippen LogP contribution is -2.39. The normalized spacial score (nSPS) is 19.0. The third kappa shape index (κ3) is 3.58. The largest absolute Gasteiger partial charge is 0.550 e. The number of para-hydroxylation sites is 1. The van der Waals surface area contributed by atoms with Gasteiger partial charge < -0.3 is 24.7 Å². The van der Waals surface area contributed by atoms with Crippen LogP contribution in [0.1, 0.15) is 18.4 Å². The van der Waals surface area contributed by atoms with Crippen molar-refractivity contribution in [2.45, 2.75) is 12.8 Å². The number of hydrogen-bond donors (Lipinski definition) is 0. The maximum Gasteiger partial charge on any atom is 0.267 e. The summed E-state index contributed by atoms with van der Waals surface area (Å²) in [6.07, 6.45) is -0.0527. The van der Waals surface area contributed by atoms with Crippen molar-refractivity contribution in [3.05, 3.63) is 34.7 Å². The van der Waals surface area contributed by atoms with E-state index in [2.05, 4.69) is 0 Å². The Labute approximate surface area is 163 Å². The first kappa shape index (κ1) is 19.1. The van der Waals surface area contributed by atoms with E-state index in [1.807, 2.05) is 0 Å². The molecule has 1 aromatic carbocycles. The summed E-state index contributed by atoms with van der Waals surface area (Å²) in [6, 6.07) is 6.54. The number of benzene rings is 1. The third-order valence-corrected chi connectivity index (χ3v) is 5.50. The van der Waals surface area contributed by atoms with Crippen LogP contribution < -0.4 is 15.1 Å². The standard InChI is InChI=1S/C17H14N2O6S2/c20-11(21)6-3-7-18-16(25)14(27-17(18)26)13-9-4-1-2-5-10(9)19(15(13)24)8-12(22)23/h1-2,4-5H,3,6-8H2,(H,20,21)(H,22,23)/p-2. The van der Waals surface area contributed by atoms with Gasteiger partial charge in [-0.15, -0.1) is 0 Å². The first-order valence-electron chi connectivity index (χ1n) is 7.90. The molecule has 140 valence electrons. The Bertz CT molecular complexity index is 910. The maximum atomic E-state index is 12.8. The van der Waals surface area contributed by atoms with Crippen molar-refractivity contribution in [3.8, 4) is 0 Å². The third-order valence-electron chi connectivity index (χ3n) is 4.05. The van der Waals surface area contributed by atoms with Crippen LogP contribution in [-0.2, 0) is 19.2 Å². The second kappa shape index (κ2) is 7.49. The quantitative estimate of drug-likeness (QED) is 0.432. The number of anilines is 1. The fraction of sp³-hybridized carbons (Fsp3) is 0.235. The number of carbonyl (C=O) groups excluding carboxylic acids is 4. The fourth-order valence-corrected chi connectivity index (χ4v) is 4.29. The van der Waals surface area contributed by atoms with Gasteiger partial charge in [0.2, 0.25) is 0 Å². The molecule has 2 heterocycles. The highest BCUT2D eigenvalue weighted by Crippen LogP contribution is 2.44. The van der Waals surface area contributed by atoms with Crippen molar-refractivity contribution in [3.63, 3.8) is 0 Å². The van der Waals surface area contributed by atoms with Crippen LogP contribution in [0.2, 0.25) is 0 Å². The molecule has 10 heteroatoms. The lowest BCUT2D eigenvalue weighted by molar-refractivity contribution is -0.306. The molecular weight excluding hydrogens is 392 g/mol. The van der Waals surface area contributed by atoms with Crippen molar-refractivity contribution < 1.29 is 29.4 Å². The number of carboxylic acids is 2. The van der Waals surface area contributed by atoms with Crippen molar-refractivity contribution in [1.82, 2.24) is 4.90 Å². The van der Waals surface area contributed by atoms with E-state index >= 15 is 0 Å². The number of rotatable bonds is 6. The Morgan fingerprint density at radius 1 is 1.04 bits per heavy atom. The molecule has 0 saturated carbocycles. The summed E-state index contributed by atoms with van der Waals surface area (Å²) < 4.78 is 0.212. The SMILES string of the molecule is O=C([O-])CCCN1C(=O)C(=C2C(=O)N(CC(=O)[O-])c3ccccc32)SC1=S. The molecule has 1 fully saturated rings. The van der Waals surface area contributed by atoms with Crippen LogP contribution >= 0.6 is 24.0 Å². The Balaban J connectivity index is 1.96. The minimum absolute atomic E-state index is 0.0894. The predicted octanol–water partition coefficient (Wildman–Crippen LogP) is -1.12. The molecule has 0 bridgehead atoms. The first-order valence-corrected chi connectivity index (χ1v) is 9.12. The van der Waals surface area contributed by atoms with Gasteiger partial charge in [-0.25, -0.2) is 0 Å². The second-order valence-corrected chi connectivity index (χ2v) is 7.43. The number of thioether (sulfide) groups is 1. The Morgan fingerprint density at radius 3 is 2.41 bits per heavy atom. The number of nitrogens with zero attached hydrogens (tertiary/aromatic N) is 2. The lowest BCUT2D eigenvalue weighted by atomic mass is 10.1. The number of fused-ring (bicyclic) bond motifs is 1. The molecule has 2 aliphatic rings. The molecule has 0 radical (unpaired) electrons. The lowest BCUT2D eigenvalue weighted by Gasteiger charge is -2.17. The van der Waals surface area contributed by atoms with E-state index in [9.17, 15) is 29.4 Å². The summed E-state index contributed by atoms with van der Waals surface area (Å²) in [4.78, 5) is 49.5.